The lowest BCUT2D eigenvalue weighted by Gasteiger charge is -2.41. The molecule has 11 heteroatoms. The van der Waals surface area contributed by atoms with E-state index in [0.717, 1.165) is 50.1 Å². The highest BCUT2D eigenvalue weighted by atomic mass is 35.5. The smallest absolute Gasteiger partial charge is 0.335 e. The van der Waals surface area contributed by atoms with Crippen LogP contribution in [0.3, 0.4) is 0 Å². The van der Waals surface area contributed by atoms with E-state index in [4.69, 9.17) is 16.7 Å². The number of hydrogen-bond donors (Lipinski definition) is 3. The van der Waals surface area contributed by atoms with Crippen LogP contribution < -0.4 is 10.6 Å². The van der Waals surface area contributed by atoms with Crippen molar-refractivity contribution < 1.29 is 19.5 Å². The molecule has 0 aliphatic carbocycles. The topological polar surface area (TPSA) is 115 Å². The normalized spacial score (nSPS) is 16.6. The van der Waals surface area contributed by atoms with Gasteiger partial charge in [0.25, 0.3) is 5.91 Å². The van der Waals surface area contributed by atoms with E-state index in [-0.39, 0.29) is 29.6 Å². The van der Waals surface area contributed by atoms with Gasteiger partial charge in [0.05, 0.1) is 16.8 Å². The van der Waals surface area contributed by atoms with Gasteiger partial charge in [-0.15, -0.1) is 11.8 Å². The molecule has 9 nitrogen and oxygen atoms in total. The van der Waals surface area contributed by atoms with Gasteiger partial charge in [-0.1, -0.05) is 11.6 Å². The molecule has 1 saturated heterocycles. The second kappa shape index (κ2) is 14.2. The number of aryl methyl sites for hydroxylation is 2. The number of rotatable bonds is 10. The molecular formula is C30H38ClN5O4S. The minimum Gasteiger partial charge on any atom is -0.478 e. The third-order valence-corrected chi connectivity index (χ3v) is 8.95. The van der Waals surface area contributed by atoms with Crippen molar-refractivity contribution in [3.63, 3.8) is 0 Å². The number of aromatic nitrogens is 1. The zero-order valence-corrected chi connectivity index (χ0v) is 25.4. The van der Waals surface area contributed by atoms with Crippen LogP contribution in [0.25, 0.3) is 0 Å². The van der Waals surface area contributed by atoms with Crippen molar-refractivity contribution >= 4 is 47.0 Å². The minimum absolute atomic E-state index is 0.103. The van der Waals surface area contributed by atoms with E-state index >= 15 is 0 Å². The van der Waals surface area contributed by atoms with Gasteiger partial charge in [-0.2, -0.15) is 0 Å². The van der Waals surface area contributed by atoms with E-state index in [1.165, 1.54) is 17.7 Å². The summed E-state index contributed by atoms with van der Waals surface area (Å²) in [7, 11) is 0. The fourth-order valence-corrected chi connectivity index (χ4v) is 6.67. The highest BCUT2D eigenvalue weighted by Gasteiger charge is 2.30. The summed E-state index contributed by atoms with van der Waals surface area (Å²) in [4.78, 5) is 45.9. The molecule has 0 unspecified atom stereocenters. The van der Waals surface area contributed by atoms with E-state index in [9.17, 15) is 14.4 Å². The summed E-state index contributed by atoms with van der Waals surface area (Å²) < 4.78 is 0. The predicted octanol–water partition coefficient (Wildman–Crippen LogP) is 5.58. The summed E-state index contributed by atoms with van der Waals surface area (Å²) in [5.74, 6) is -0.0852. The van der Waals surface area contributed by atoms with Gasteiger partial charge >= 0.3 is 12.0 Å². The summed E-state index contributed by atoms with van der Waals surface area (Å²) in [5, 5.41) is 17.7. The van der Waals surface area contributed by atoms with Crippen molar-refractivity contribution in [1.82, 2.24) is 20.1 Å². The molecule has 4 rings (SSSR count). The number of amides is 3. The van der Waals surface area contributed by atoms with Crippen molar-refractivity contribution in [2.24, 2.45) is 0 Å². The molecule has 3 amide bonds. The molecule has 2 aliphatic rings. The first kappa shape index (κ1) is 30.9. The van der Waals surface area contributed by atoms with E-state index in [0.29, 0.717) is 35.2 Å². The standard InChI is InChI=1S/C30H38ClN5O4S/c1-19-16-26(31)33-21(3)27(19)28(37)32-12-8-20(2)35-13-9-25(10-14-35)36(17-22-11-15-41-18-22)30(40)34-24-6-4-23(5-7-24)29(38)39/h4-7,16,18,20,25H,8-15,17H2,1-3H3,(H,32,37)(H,34,40)(H,38,39)/t20-/m1/s1. The summed E-state index contributed by atoms with van der Waals surface area (Å²) in [6, 6.07) is 8.17. The van der Waals surface area contributed by atoms with Crippen LogP contribution in [-0.4, -0.2) is 81.8 Å². The van der Waals surface area contributed by atoms with Crippen LogP contribution in [0.4, 0.5) is 10.5 Å². The number of halogens is 1. The first-order valence-electron chi connectivity index (χ1n) is 14.0. The number of anilines is 1. The SMILES string of the molecule is Cc1cc(Cl)nc(C)c1C(=O)NCC[C@@H](C)N1CCC(N(CC2=CSCC2)C(=O)Nc2ccc(C(=O)O)cc2)CC1. The Kier molecular flexibility index (Phi) is 10.7. The fourth-order valence-electron chi connectivity index (χ4n) is 5.45. The molecule has 2 aliphatic heterocycles. The first-order chi connectivity index (χ1) is 19.6. The zero-order chi connectivity index (χ0) is 29.5. The Morgan fingerprint density at radius 2 is 1.90 bits per heavy atom. The average molecular weight is 600 g/mol. The number of carboxylic acids is 1. The van der Waals surface area contributed by atoms with Gasteiger partial charge in [-0.05, 0) is 93.3 Å². The summed E-state index contributed by atoms with van der Waals surface area (Å²) in [5.41, 5.74) is 4.04. The van der Waals surface area contributed by atoms with Crippen molar-refractivity contribution in [3.05, 3.63) is 68.9 Å². The molecule has 1 atom stereocenters. The second-order valence-corrected chi connectivity index (χ2v) is 12.1. The molecule has 41 heavy (non-hydrogen) atoms. The van der Waals surface area contributed by atoms with Gasteiger partial charge in [-0.3, -0.25) is 4.79 Å². The molecule has 1 aromatic carbocycles. The lowest BCUT2D eigenvalue weighted by molar-refractivity contribution is 0.0696. The number of hydrogen-bond acceptors (Lipinski definition) is 6. The highest BCUT2D eigenvalue weighted by molar-refractivity contribution is 8.02. The molecule has 3 N–H and O–H groups in total. The molecule has 220 valence electrons. The number of carbonyl (C=O) groups is 3. The molecule has 0 spiro atoms. The summed E-state index contributed by atoms with van der Waals surface area (Å²) in [6.45, 7) is 8.72. The van der Waals surface area contributed by atoms with E-state index in [1.807, 2.05) is 11.8 Å². The maximum absolute atomic E-state index is 13.4. The Morgan fingerprint density at radius 1 is 1.20 bits per heavy atom. The molecule has 2 aromatic rings. The van der Waals surface area contributed by atoms with Crippen LogP contribution in [0.1, 0.15) is 64.6 Å². The number of benzene rings is 1. The molecule has 3 heterocycles. The van der Waals surface area contributed by atoms with E-state index in [1.54, 1.807) is 36.9 Å². The van der Waals surface area contributed by atoms with Gasteiger partial charge in [0.1, 0.15) is 5.15 Å². The molecule has 1 aromatic heterocycles. The number of piperidine rings is 1. The van der Waals surface area contributed by atoms with Crippen LogP contribution in [-0.2, 0) is 0 Å². The Labute approximate surface area is 250 Å². The Bertz CT molecular complexity index is 1270. The zero-order valence-electron chi connectivity index (χ0n) is 23.8. The van der Waals surface area contributed by atoms with Crippen LogP contribution in [0.15, 0.2) is 41.3 Å². The van der Waals surface area contributed by atoms with Crippen molar-refractivity contribution in [2.75, 3.05) is 37.2 Å². The number of carboxylic acid groups (broad SMARTS) is 1. The Morgan fingerprint density at radius 3 is 2.51 bits per heavy atom. The maximum atomic E-state index is 13.4. The number of aromatic carboxylic acids is 1. The number of likely N-dealkylation sites (tertiary alicyclic amines) is 1. The van der Waals surface area contributed by atoms with Crippen LogP contribution in [0.5, 0.6) is 0 Å². The number of thioether (sulfide) groups is 1. The van der Waals surface area contributed by atoms with Crippen LogP contribution in [0, 0.1) is 13.8 Å². The number of pyridine rings is 1. The third-order valence-electron chi connectivity index (χ3n) is 7.81. The fraction of sp³-hybridized carbons (Fsp3) is 0.467. The lowest BCUT2D eigenvalue weighted by Crippen LogP contribution is -2.51. The maximum Gasteiger partial charge on any atom is 0.335 e. The summed E-state index contributed by atoms with van der Waals surface area (Å²) >= 11 is 7.79. The predicted molar refractivity (Wildman–Crippen MR) is 164 cm³/mol. The van der Waals surface area contributed by atoms with Crippen molar-refractivity contribution in [1.29, 1.82) is 0 Å². The van der Waals surface area contributed by atoms with E-state index < -0.39 is 5.97 Å². The molecular weight excluding hydrogens is 562 g/mol. The second-order valence-electron chi connectivity index (χ2n) is 10.7. The van der Waals surface area contributed by atoms with E-state index in [2.05, 4.69) is 32.8 Å². The van der Waals surface area contributed by atoms with Gasteiger partial charge in [-0.25, -0.2) is 14.6 Å². The molecule has 1 fully saturated rings. The summed E-state index contributed by atoms with van der Waals surface area (Å²) in [6.07, 6.45) is 3.51. The number of nitrogens with zero attached hydrogens (tertiary/aromatic N) is 3. The van der Waals surface area contributed by atoms with Gasteiger partial charge in [0.2, 0.25) is 0 Å². The van der Waals surface area contributed by atoms with Crippen molar-refractivity contribution in [2.45, 2.75) is 58.5 Å². The largest absolute Gasteiger partial charge is 0.478 e. The highest BCUT2D eigenvalue weighted by Crippen LogP contribution is 2.27. The first-order valence-corrected chi connectivity index (χ1v) is 15.4. The van der Waals surface area contributed by atoms with Gasteiger partial charge < -0.3 is 25.5 Å². The van der Waals surface area contributed by atoms with Crippen LogP contribution in [0.2, 0.25) is 5.15 Å². The minimum atomic E-state index is -0.998. The van der Waals surface area contributed by atoms with Crippen LogP contribution >= 0.6 is 23.4 Å². The average Bonchev–Trinajstić information content (AvgIpc) is 3.45. The molecule has 0 saturated carbocycles. The van der Waals surface area contributed by atoms with Gasteiger partial charge in [0, 0.05) is 49.7 Å². The molecule has 0 radical (unpaired) electrons. The number of urea groups is 1. The number of nitrogens with one attached hydrogen (secondary N) is 2. The number of carbonyl (C=O) groups excluding carboxylic acids is 2. The van der Waals surface area contributed by atoms with Crippen molar-refractivity contribution in [3.8, 4) is 0 Å². The Hall–Kier alpha value is -3.08. The monoisotopic (exact) mass is 599 g/mol. The Balaban J connectivity index is 1.30. The molecule has 0 bridgehead atoms. The third kappa shape index (κ3) is 8.24. The quantitative estimate of drug-likeness (QED) is 0.306. The van der Waals surface area contributed by atoms with Gasteiger partial charge in [0.15, 0.2) is 0 Å². The lowest BCUT2D eigenvalue weighted by atomic mass is 10.00.